The Morgan fingerprint density at radius 3 is 2.56 bits per heavy atom. The first-order valence-corrected chi connectivity index (χ1v) is 11.3. The number of hydrogen-bond donors (Lipinski definition) is 1. The summed E-state index contributed by atoms with van der Waals surface area (Å²) in [4.78, 5) is 12.4. The van der Waals surface area contributed by atoms with Crippen molar-refractivity contribution in [2.75, 3.05) is 20.8 Å². The van der Waals surface area contributed by atoms with Gasteiger partial charge in [0.25, 0.3) is 0 Å². The molecule has 36 heavy (non-hydrogen) atoms. The number of halogens is 1. The van der Waals surface area contributed by atoms with Gasteiger partial charge in [0.1, 0.15) is 28.9 Å². The molecule has 0 radical (unpaired) electrons. The van der Waals surface area contributed by atoms with E-state index < -0.39 is 11.9 Å². The van der Waals surface area contributed by atoms with Gasteiger partial charge in [-0.15, -0.1) is 0 Å². The Bertz CT molecular complexity index is 1400. The highest BCUT2D eigenvalue weighted by Crippen LogP contribution is 2.47. The second kappa shape index (κ2) is 10.5. The van der Waals surface area contributed by atoms with Crippen LogP contribution in [0.25, 0.3) is 0 Å². The molecule has 1 unspecified atom stereocenters. The van der Waals surface area contributed by atoms with Crippen molar-refractivity contribution < 1.29 is 28.5 Å². The molecule has 4 rings (SSSR count). The maximum absolute atomic E-state index is 12.4. The van der Waals surface area contributed by atoms with E-state index in [4.69, 9.17) is 41.0 Å². The number of fused-ring (bicyclic) bond motifs is 1. The van der Waals surface area contributed by atoms with Crippen molar-refractivity contribution in [2.45, 2.75) is 12.8 Å². The zero-order valence-corrected chi connectivity index (χ0v) is 20.6. The monoisotopic (exact) mass is 506 g/mol. The van der Waals surface area contributed by atoms with Gasteiger partial charge < -0.3 is 29.4 Å². The van der Waals surface area contributed by atoms with E-state index in [0.717, 1.165) is 5.56 Å². The molecule has 0 saturated heterocycles. The molecule has 0 aliphatic carbocycles. The third-order valence-corrected chi connectivity index (χ3v) is 6.08. The molecule has 3 aromatic carbocycles. The zero-order valence-electron chi connectivity index (χ0n) is 19.8. The van der Waals surface area contributed by atoms with Gasteiger partial charge in [-0.05, 0) is 42.8 Å². The number of nitrogens with zero attached hydrogens (tertiary/aromatic N) is 1. The minimum atomic E-state index is -0.606. The first-order chi connectivity index (χ1) is 17.4. The van der Waals surface area contributed by atoms with Crippen molar-refractivity contribution in [3.05, 3.63) is 87.8 Å². The third-order valence-electron chi connectivity index (χ3n) is 5.65. The van der Waals surface area contributed by atoms with Crippen LogP contribution in [0.2, 0.25) is 5.02 Å². The average Bonchev–Trinajstić information content (AvgIpc) is 2.87. The average molecular weight is 507 g/mol. The number of aryl methyl sites for hydroxylation is 1. The molecule has 2 N–H and O–H groups in total. The van der Waals surface area contributed by atoms with Crippen molar-refractivity contribution in [2.24, 2.45) is 5.73 Å². The fourth-order valence-electron chi connectivity index (χ4n) is 3.97. The number of carbonyl (C=O) groups is 1. The molecular weight excluding hydrogens is 484 g/mol. The summed E-state index contributed by atoms with van der Waals surface area (Å²) >= 11 is 6.02. The molecule has 9 heteroatoms. The fourth-order valence-corrected chi connectivity index (χ4v) is 4.09. The molecule has 0 saturated carbocycles. The second-order valence-electron chi connectivity index (χ2n) is 7.88. The van der Waals surface area contributed by atoms with Gasteiger partial charge in [-0.2, -0.15) is 5.26 Å². The Labute approximate surface area is 213 Å². The molecule has 8 nitrogen and oxygen atoms in total. The van der Waals surface area contributed by atoms with E-state index in [1.54, 1.807) is 48.5 Å². The summed E-state index contributed by atoms with van der Waals surface area (Å²) in [6, 6.07) is 17.5. The fraction of sp³-hybridized carbons (Fsp3) is 0.185. The van der Waals surface area contributed by atoms with Gasteiger partial charge in [0, 0.05) is 22.2 Å². The van der Waals surface area contributed by atoms with E-state index in [9.17, 15) is 10.1 Å². The van der Waals surface area contributed by atoms with Gasteiger partial charge in [-0.25, -0.2) is 4.79 Å². The highest BCUT2D eigenvalue weighted by Gasteiger charge is 2.33. The maximum Gasteiger partial charge on any atom is 0.349 e. The SMILES string of the molecule is COc1cccc(C2C(C#N)=C(N)Oc3cc(OC(=O)COc4ccc(Cl)c(C)c4)ccc32)c1OC. The second-order valence-corrected chi connectivity index (χ2v) is 8.29. The molecule has 1 aliphatic rings. The Morgan fingerprint density at radius 2 is 1.86 bits per heavy atom. The van der Waals surface area contributed by atoms with Crippen LogP contribution >= 0.6 is 11.6 Å². The largest absolute Gasteiger partial charge is 0.493 e. The normalized spacial score (nSPS) is 14.2. The number of carbonyl (C=O) groups excluding carboxylic acids is 1. The van der Waals surface area contributed by atoms with Crippen LogP contribution in [0.4, 0.5) is 0 Å². The molecule has 1 heterocycles. The van der Waals surface area contributed by atoms with Crippen molar-refractivity contribution in [1.82, 2.24) is 0 Å². The van der Waals surface area contributed by atoms with Crippen LogP contribution in [-0.2, 0) is 4.79 Å². The number of benzene rings is 3. The highest BCUT2D eigenvalue weighted by atomic mass is 35.5. The molecule has 0 aromatic heterocycles. The number of nitriles is 1. The molecule has 184 valence electrons. The minimum Gasteiger partial charge on any atom is -0.493 e. The highest BCUT2D eigenvalue weighted by molar-refractivity contribution is 6.31. The maximum atomic E-state index is 12.4. The Kier molecular flexibility index (Phi) is 7.23. The first-order valence-electron chi connectivity index (χ1n) is 10.9. The van der Waals surface area contributed by atoms with E-state index in [0.29, 0.717) is 39.1 Å². The Hall–Kier alpha value is -4.35. The Balaban J connectivity index is 1.59. The van der Waals surface area contributed by atoms with E-state index in [2.05, 4.69) is 6.07 Å². The van der Waals surface area contributed by atoms with Crippen LogP contribution in [0, 0.1) is 18.3 Å². The molecule has 0 fully saturated rings. The van der Waals surface area contributed by atoms with E-state index in [1.165, 1.54) is 14.2 Å². The van der Waals surface area contributed by atoms with Crippen LogP contribution in [0.15, 0.2) is 66.1 Å². The number of rotatable bonds is 7. The lowest BCUT2D eigenvalue weighted by Gasteiger charge is -2.28. The molecule has 1 aliphatic heterocycles. The molecule has 0 spiro atoms. The van der Waals surface area contributed by atoms with E-state index in [-0.39, 0.29) is 23.8 Å². The number of methoxy groups -OCH3 is 2. The van der Waals surface area contributed by atoms with Crippen LogP contribution in [0.3, 0.4) is 0 Å². The first kappa shape index (κ1) is 24.8. The smallest absolute Gasteiger partial charge is 0.349 e. The zero-order chi connectivity index (χ0) is 25.8. The number of hydrogen-bond acceptors (Lipinski definition) is 8. The summed E-state index contributed by atoms with van der Waals surface area (Å²) in [5.41, 5.74) is 8.50. The number of allylic oxidation sites excluding steroid dienone is 1. The molecule has 1 atom stereocenters. The number of para-hydroxylation sites is 1. The van der Waals surface area contributed by atoms with Gasteiger partial charge >= 0.3 is 5.97 Å². The molecular formula is C27H23ClN2O6. The van der Waals surface area contributed by atoms with E-state index >= 15 is 0 Å². The van der Waals surface area contributed by atoms with Crippen LogP contribution < -0.4 is 29.4 Å². The summed E-state index contributed by atoms with van der Waals surface area (Å²) in [5, 5.41) is 10.4. The summed E-state index contributed by atoms with van der Waals surface area (Å²) in [6.07, 6.45) is 0. The lowest BCUT2D eigenvalue weighted by Crippen LogP contribution is -2.22. The van der Waals surface area contributed by atoms with E-state index in [1.807, 2.05) is 13.0 Å². The van der Waals surface area contributed by atoms with Gasteiger partial charge in [0.2, 0.25) is 5.88 Å². The standard InChI is InChI=1S/C27H23ClN2O6/c1-15-11-16(8-10-21(15)28)34-14-24(31)35-17-7-9-18-23(12-17)36-27(30)20(13-29)25(18)19-5-4-6-22(32-2)26(19)33-3/h4-12,25H,14,30H2,1-3H3. The van der Waals surface area contributed by atoms with Gasteiger partial charge in [-0.3, -0.25) is 0 Å². The lowest BCUT2D eigenvalue weighted by molar-refractivity contribution is -0.136. The molecule has 0 bridgehead atoms. The van der Waals surface area contributed by atoms with Gasteiger partial charge in [-0.1, -0.05) is 29.8 Å². The van der Waals surface area contributed by atoms with Crippen LogP contribution in [-0.4, -0.2) is 26.8 Å². The van der Waals surface area contributed by atoms with Gasteiger partial charge in [0.05, 0.1) is 20.1 Å². The number of esters is 1. The van der Waals surface area contributed by atoms with Crippen molar-refractivity contribution in [1.29, 1.82) is 5.26 Å². The lowest BCUT2D eigenvalue weighted by atomic mass is 9.83. The molecule has 0 amide bonds. The Morgan fingerprint density at radius 1 is 1.08 bits per heavy atom. The van der Waals surface area contributed by atoms with Crippen LogP contribution in [0.5, 0.6) is 28.7 Å². The third kappa shape index (κ3) is 4.88. The minimum absolute atomic E-state index is 0.0511. The number of nitrogens with two attached hydrogens (primary N) is 1. The van der Waals surface area contributed by atoms with Crippen LogP contribution in [0.1, 0.15) is 22.6 Å². The summed E-state index contributed by atoms with van der Waals surface area (Å²) < 4.78 is 27.7. The predicted molar refractivity (Wildman–Crippen MR) is 133 cm³/mol. The predicted octanol–water partition coefficient (Wildman–Crippen LogP) is 4.87. The van der Waals surface area contributed by atoms with Crippen molar-refractivity contribution in [3.63, 3.8) is 0 Å². The summed E-state index contributed by atoms with van der Waals surface area (Å²) in [5.74, 6) is 0.837. The molecule has 3 aromatic rings. The summed E-state index contributed by atoms with van der Waals surface area (Å²) in [7, 11) is 3.06. The van der Waals surface area contributed by atoms with Gasteiger partial charge in [0.15, 0.2) is 18.1 Å². The van der Waals surface area contributed by atoms with Crippen molar-refractivity contribution >= 4 is 17.6 Å². The van der Waals surface area contributed by atoms with Crippen molar-refractivity contribution in [3.8, 4) is 34.8 Å². The topological polar surface area (TPSA) is 113 Å². The quantitative estimate of drug-likeness (QED) is 0.357. The summed E-state index contributed by atoms with van der Waals surface area (Å²) in [6.45, 7) is 1.54. The number of ether oxygens (including phenoxy) is 5.